The van der Waals surface area contributed by atoms with Gasteiger partial charge in [-0.15, -0.1) is 0 Å². The van der Waals surface area contributed by atoms with Gasteiger partial charge in [-0.3, -0.25) is 9.80 Å². The van der Waals surface area contributed by atoms with Crippen LogP contribution in [0, 0.1) is 0 Å². The largest absolute Gasteiger partial charge is 0.462 e. The van der Waals surface area contributed by atoms with Crippen LogP contribution in [0.3, 0.4) is 0 Å². The topological polar surface area (TPSA) is 74.4 Å². The van der Waals surface area contributed by atoms with Crippen LogP contribution < -0.4 is 15.9 Å². The number of hydrazine groups is 1. The zero-order valence-corrected chi connectivity index (χ0v) is 9.16. The molecule has 6 nitrogen and oxygen atoms in total. The van der Waals surface area contributed by atoms with Crippen molar-refractivity contribution in [2.75, 3.05) is 18.7 Å². The molecule has 2 rings (SSSR count). The number of pyridine rings is 1. The molecule has 1 aliphatic heterocycles. The molecule has 1 aromatic rings. The van der Waals surface area contributed by atoms with E-state index < -0.39 is 5.97 Å². The van der Waals surface area contributed by atoms with Crippen molar-refractivity contribution in [1.29, 1.82) is 0 Å². The summed E-state index contributed by atoms with van der Waals surface area (Å²) in [5.41, 5.74) is 3.32. The average Bonchev–Trinajstić information content (AvgIpc) is 2.62. The van der Waals surface area contributed by atoms with Crippen LogP contribution in [0.2, 0.25) is 0 Å². The van der Waals surface area contributed by atoms with Crippen LogP contribution in [0.25, 0.3) is 0 Å². The van der Waals surface area contributed by atoms with E-state index >= 15 is 0 Å². The number of nitrogens with zero attached hydrogens (tertiary/aromatic N) is 1. The SMILES string of the molecule is CCOC(=O)c1c[nH]c2c(c1=O)CNN2C. The molecule has 0 saturated carbocycles. The Kier molecular flexibility index (Phi) is 2.66. The maximum atomic E-state index is 11.9. The van der Waals surface area contributed by atoms with E-state index in [0.29, 0.717) is 17.9 Å². The van der Waals surface area contributed by atoms with Gasteiger partial charge < -0.3 is 9.72 Å². The Hall–Kier alpha value is -1.82. The second-order valence-corrected chi connectivity index (χ2v) is 3.47. The van der Waals surface area contributed by atoms with E-state index in [1.54, 1.807) is 19.0 Å². The molecule has 0 atom stereocenters. The van der Waals surface area contributed by atoms with Crippen molar-refractivity contribution in [3.63, 3.8) is 0 Å². The first kappa shape index (κ1) is 10.7. The molecule has 86 valence electrons. The zero-order chi connectivity index (χ0) is 11.7. The monoisotopic (exact) mass is 223 g/mol. The summed E-state index contributed by atoms with van der Waals surface area (Å²) in [7, 11) is 1.80. The molecule has 6 heteroatoms. The van der Waals surface area contributed by atoms with Gasteiger partial charge in [-0.05, 0) is 6.92 Å². The predicted molar refractivity (Wildman–Crippen MR) is 58.3 cm³/mol. The highest BCUT2D eigenvalue weighted by Crippen LogP contribution is 2.17. The summed E-state index contributed by atoms with van der Waals surface area (Å²) in [5.74, 6) is 0.110. The number of hydrogen-bond donors (Lipinski definition) is 2. The Morgan fingerprint density at radius 2 is 2.38 bits per heavy atom. The highest BCUT2D eigenvalue weighted by Gasteiger charge is 2.23. The van der Waals surface area contributed by atoms with Crippen molar-refractivity contribution in [2.24, 2.45) is 0 Å². The van der Waals surface area contributed by atoms with Crippen LogP contribution in [0.5, 0.6) is 0 Å². The molecule has 0 amide bonds. The highest BCUT2D eigenvalue weighted by molar-refractivity contribution is 5.89. The number of nitrogens with one attached hydrogen (secondary N) is 2. The lowest BCUT2D eigenvalue weighted by Crippen LogP contribution is -2.27. The molecule has 2 heterocycles. The van der Waals surface area contributed by atoms with Crippen molar-refractivity contribution >= 4 is 11.8 Å². The first-order valence-corrected chi connectivity index (χ1v) is 5.04. The van der Waals surface area contributed by atoms with Crippen LogP contribution in [-0.4, -0.2) is 24.6 Å². The number of hydrogen-bond acceptors (Lipinski definition) is 5. The van der Waals surface area contributed by atoms with E-state index in [9.17, 15) is 9.59 Å². The standard InChI is InChI=1S/C10H13N3O3/c1-3-16-10(15)7-4-11-9-6(8(7)14)5-12-13(9)2/h4,12H,3,5H2,1-2H3,(H,11,14). The first-order chi connectivity index (χ1) is 7.65. The van der Waals surface area contributed by atoms with Gasteiger partial charge in [0.1, 0.15) is 11.4 Å². The number of carbonyl (C=O) groups excluding carboxylic acids is 1. The fraction of sp³-hybridized carbons (Fsp3) is 0.400. The van der Waals surface area contributed by atoms with Gasteiger partial charge in [-0.2, -0.15) is 0 Å². The van der Waals surface area contributed by atoms with E-state index in [1.807, 2.05) is 0 Å². The number of aromatic amines is 1. The molecule has 16 heavy (non-hydrogen) atoms. The van der Waals surface area contributed by atoms with Gasteiger partial charge in [0, 0.05) is 19.8 Å². The number of anilines is 1. The number of carbonyl (C=O) groups is 1. The molecular formula is C10H13N3O3. The second kappa shape index (κ2) is 3.97. The van der Waals surface area contributed by atoms with Gasteiger partial charge in [0.2, 0.25) is 5.43 Å². The van der Waals surface area contributed by atoms with E-state index in [4.69, 9.17) is 4.74 Å². The van der Waals surface area contributed by atoms with Crippen LogP contribution in [-0.2, 0) is 11.3 Å². The zero-order valence-electron chi connectivity index (χ0n) is 9.16. The highest BCUT2D eigenvalue weighted by atomic mass is 16.5. The molecule has 0 aliphatic carbocycles. The molecule has 1 aliphatic rings. The minimum absolute atomic E-state index is 0.0534. The van der Waals surface area contributed by atoms with Gasteiger partial charge in [0.15, 0.2) is 0 Å². The Morgan fingerprint density at radius 1 is 1.62 bits per heavy atom. The van der Waals surface area contributed by atoms with Gasteiger partial charge in [-0.1, -0.05) is 0 Å². The molecule has 1 aromatic heterocycles. The summed E-state index contributed by atoms with van der Waals surface area (Å²) in [6.45, 7) is 2.39. The van der Waals surface area contributed by atoms with E-state index in [2.05, 4.69) is 10.4 Å². The summed E-state index contributed by atoms with van der Waals surface area (Å²) in [6, 6.07) is 0. The summed E-state index contributed by atoms with van der Waals surface area (Å²) in [5, 5.41) is 1.71. The molecule has 0 aromatic carbocycles. The fourth-order valence-electron chi connectivity index (χ4n) is 1.66. The number of rotatable bonds is 2. The Labute approximate surface area is 92.2 Å². The summed E-state index contributed by atoms with van der Waals surface area (Å²) in [4.78, 5) is 26.3. The van der Waals surface area contributed by atoms with Crippen molar-refractivity contribution in [1.82, 2.24) is 10.4 Å². The maximum Gasteiger partial charge on any atom is 0.343 e. The number of aromatic nitrogens is 1. The van der Waals surface area contributed by atoms with Gasteiger partial charge in [0.25, 0.3) is 0 Å². The summed E-state index contributed by atoms with van der Waals surface area (Å²) < 4.78 is 4.80. The van der Waals surface area contributed by atoms with E-state index in [-0.39, 0.29) is 17.6 Å². The van der Waals surface area contributed by atoms with Crippen molar-refractivity contribution in [2.45, 2.75) is 13.5 Å². The smallest absolute Gasteiger partial charge is 0.343 e. The lowest BCUT2D eigenvalue weighted by Gasteiger charge is -2.11. The summed E-state index contributed by atoms with van der Waals surface area (Å²) >= 11 is 0. The van der Waals surface area contributed by atoms with Crippen molar-refractivity contribution < 1.29 is 9.53 Å². The number of esters is 1. The molecule has 0 unspecified atom stereocenters. The van der Waals surface area contributed by atoms with E-state index in [1.165, 1.54) is 6.20 Å². The van der Waals surface area contributed by atoms with Crippen LogP contribution in [0.15, 0.2) is 11.0 Å². The van der Waals surface area contributed by atoms with Gasteiger partial charge in [0.05, 0.1) is 12.2 Å². The third-order valence-corrected chi connectivity index (χ3v) is 2.48. The van der Waals surface area contributed by atoms with Gasteiger partial charge >= 0.3 is 5.97 Å². The van der Waals surface area contributed by atoms with Crippen LogP contribution >= 0.6 is 0 Å². The maximum absolute atomic E-state index is 11.9. The van der Waals surface area contributed by atoms with Crippen LogP contribution in [0.4, 0.5) is 5.82 Å². The lowest BCUT2D eigenvalue weighted by molar-refractivity contribution is 0.0524. The number of H-pyrrole nitrogens is 1. The average molecular weight is 223 g/mol. The molecule has 0 radical (unpaired) electrons. The van der Waals surface area contributed by atoms with Crippen molar-refractivity contribution in [3.05, 3.63) is 27.5 Å². The fourth-order valence-corrected chi connectivity index (χ4v) is 1.66. The molecule has 0 fully saturated rings. The van der Waals surface area contributed by atoms with Crippen LogP contribution in [0.1, 0.15) is 22.8 Å². The van der Waals surface area contributed by atoms with E-state index in [0.717, 1.165) is 0 Å². The third-order valence-electron chi connectivity index (χ3n) is 2.48. The molecular weight excluding hydrogens is 210 g/mol. The lowest BCUT2D eigenvalue weighted by atomic mass is 10.2. The molecule has 0 bridgehead atoms. The van der Waals surface area contributed by atoms with Gasteiger partial charge in [-0.25, -0.2) is 10.2 Å². The number of ether oxygens (including phenoxy) is 1. The Morgan fingerprint density at radius 3 is 3.06 bits per heavy atom. The molecule has 0 saturated heterocycles. The predicted octanol–water partition coefficient (Wildman–Crippen LogP) is 0.00600. The molecule has 0 spiro atoms. The normalized spacial score (nSPS) is 13.8. The quantitative estimate of drug-likeness (QED) is 0.691. The summed E-state index contributed by atoms with van der Waals surface area (Å²) in [6.07, 6.45) is 1.39. The minimum atomic E-state index is -0.582. The number of fused-ring (bicyclic) bond motifs is 1. The Bertz CT molecular complexity index is 481. The van der Waals surface area contributed by atoms with Crippen molar-refractivity contribution in [3.8, 4) is 0 Å². The minimum Gasteiger partial charge on any atom is -0.462 e. The second-order valence-electron chi connectivity index (χ2n) is 3.47. The Balaban J connectivity index is 2.45. The third kappa shape index (κ3) is 1.57. The molecule has 2 N–H and O–H groups in total. The first-order valence-electron chi connectivity index (χ1n) is 5.04.